The van der Waals surface area contributed by atoms with Gasteiger partial charge in [-0.2, -0.15) is 5.10 Å². The lowest BCUT2D eigenvalue weighted by molar-refractivity contribution is -0.144. The molecule has 1 aliphatic carbocycles. The molecule has 2 saturated heterocycles. The van der Waals surface area contributed by atoms with E-state index in [1.807, 2.05) is 73.1 Å². The van der Waals surface area contributed by atoms with E-state index in [0.29, 0.717) is 57.5 Å². The number of ether oxygens (including phenoxy) is 4. The molecule has 0 bridgehead atoms. The number of thiazole rings is 1. The van der Waals surface area contributed by atoms with Crippen LogP contribution in [0.4, 0.5) is 5.82 Å². The molecule has 3 aliphatic rings. The summed E-state index contributed by atoms with van der Waals surface area (Å²) in [7, 11) is 0. The summed E-state index contributed by atoms with van der Waals surface area (Å²) >= 11 is 1.57. The number of likely N-dealkylation sites (tertiary alicyclic amines) is 1. The maximum Gasteiger partial charge on any atom is 0.248 e. The van der Waals surface area contributed by atoms with E-state index in [1.165, 1.54) is 10.5 Å². The molecule has 0 spiro atoms. The van der Waals surface area contributed by atoms with Gasteiger partial charge >= 0.3 is 0 Å². The smallest absolute Gasteiger partial charge is 0.248 e. The number of amides is 4. The summed E-state index contributed by atoms with van der Waals surface area (Å²) in [5.74, 6) is -0.00706. The third-order valence-electron chi connectivity index (χ3n) is 13.6. The molecule has 0 unspecified atom stereocenters. The number of nitrogens with one attached hydrogen (secondary N) is 3. The summed E-state index contributed by atoms with van der Waals surface area (Å²) in [6.07, 6.45) is 7.22. The monoisotopic (exact) mass is 1000 g/mol. The van der Waals surface area contributed by atoms with Gasteiger partial charge in [0.05, 0.1) is 61.8 Å². The average Bonchev–Trinajstić information content (AvgIpc) is 4.11. The zero-order valence-corrected chi connectivity index (χ0v) is 43.1. The van der Waals surface area contributed by atoms with Crippen LogP contribution >= 0.6 is 11.3 Å². The molecule has 2 aliphatic heterocycles. The lowest BCUT2D eigenvalue weighted by Gasteiger charge is -2.42. The molecular weight excluding hydrogens is 929 g/mol. The number of aliphatic hydroxyl groups excluding tert-OH is 1. The molecule has 7 rings (SSSR count). The lowest BCUT2D eigenvalue weighted by Crippen LogP contribution is -2.58. The van der Waals surface area contributed by atoms with Crippen molar-refractivity contribution in [3.63, 3.8) is 0 Å². The summed E-state index contributed by atoms with van der Waals surface area (Å²) in [5, 5.41) is 24.4. The Hall–Kier alpha value is -5.09. The van der Waals surface area contributed by atoms with Crippen LogP contribution in [-0.4, -0.2) is 179 Å². The third kappa shape index (κ3) is 14.8. The molecule has 3 atom stereocenters. The fourth-order valence-corrected chi connectivity index (χ4v) is 10.4. The number of carbonyl (C=O) groups is 4. The predicted octanol–water partition coefficient (Wildman–Crippen LogP) is 4.03. The minimum atomic E-state index is -0.967. The first-order valence-corrected chi connectivity index (χ1v) is 26.0. The second-order valence-electron chi connectivity index (χ2n) is 20.2. The highest BCUT2D eigenvalue weighted by Crippen LogP contribution is 2.31. The number of aromatic nitrogens is 4. The molecule has 3 aromatic heterocycles. The first kappa shape index (κ1) is 53.7. The number of nitrogens with zero attached hydrogens (tertiary/aromatic N) is 7. The third-order valence-corrected chi connectivity index (χ3v) is 14.6. The van der Waals surface area contributed by atoms with Gasteiger partial charge in [-0.1, -0.05) is 58.9 Å². The molecule has 1 aromatic carbocycles. The summed E-state index contributed by atoms with van der Waals surface area (Å²) in [4.78, 5) is 69.0. The van der Waals surface area contributed by atoms with Crippen molar-refractivity contribution in [2.24, 2.45) is 5.41 Å². The Morgan fingerprint density at radius 2 is 1.52 bits per heavy atom. The molecule has 388 valence electrons. The minimum absolute atomic E-state index is 0.00517. The summed E-state index contributed by atoms with van der Waals surface area (Å²) < 4.78 is 24.3. The van der Waals surface area contributed by atoms with Gasteiger partial charge in [-0.05, 0) is 66.7 Å². The van der Waals surface area contributed by atoms with Gasteiger partial charge in [0.25, 0.3) is 0 Å². The summed E-state index contributed by atoms with van der Waals surface area (Å²) in [6.45, 7) is 16.6. The van der Waals surface area contributed by atoms with Crippen molar-refractivity contribution in [1.82, 2.24) is 44.9 Å². The Bertz CT molecular complexity index is 2360. The molecule has 1 saturated carbocycles. The van der Waals surface area contributed by atoms with E-state index in [2.05, 4.69) is 55.8 Å². The standard InChI is InChI=1S/C51H74N10O9S/c1-34(2)41-15-16-61-45(41)48(53-32-55-61)56-38-11-13-39(14-12-38)58-17-19-59(20-18-58)44(64)31-70-26-24-68-22-21-67-23-25-69-30-43(63)57-47(51(4,5)6)50(66)60-29-40(62)27-42(60)49(65)52-28-36-7-9-37(10-8-36)46-35(3)54-33-71-46/h7-10,15-16,32-34,38-40,42,47,62H,11-14,17-31H2,1-6H3,(H,52,65)(H,57,63)(H,53,55,56)/t38?,39?,40-,42+,47-/m1/s1. The number of hydrogen-bond acceptors (Lipinski definition) is 15. The molecule has 4 aromatic rings. The molecule has 19 nitrogen and oxygen atoms in total. The van der Waals surface area contributed by atoms with Gasteiger partial charge in [0.15, 0.2) is 5.82 Å². The number of hydrogen-bond donors (Lipinski definition) is 4. The van der Waals surface area contributed by atoms with Crippen molar-refractivity contribution in [2.45, 2.75) is 116 Å². The van der Waals surface area contributed by atoms with Gasteiger partial charge in [0.1, 0.15) is 37.1 Å². The second kappa shape index (κ2) is 25.5. The molecule has 4 N–H and O–H groups in total. The van der Waals surface area contributed by atoms with Crippen LogP contribution in [0.15, 0.2) is 48.4 Å². The van der Waals surface area contributed by atoms with Crippen molar-refractivity contribution in [3.05, 3.63) is 65.2 Å². The highest BCUT2D eigenvalue weighted by Gasteiger charge is 2.44. The van der Waals surface area contributed by atoms with Crippen molar-refractivity contribution in [3.8, 4) is 10.4 Å². The molecular formula is C51H74N10O9S. The van der Waals surface area contributed by atoms with Crippen LogP contribution in [0.2, 0.25) is 0 Å². The van der Waals surface area contributed by atoms with Crippen LogP contribution in [-0.2, 0) is 44.7 Å². The Balaban J connectivity index is 0.702. The maximum absolute atomic E-state index is 13.9. The Morgan fingerprint density at radius 1 is 0.859 bits per heavy atom. The van der Waals surface area contributed by atoms with Crippen LogP contribution in [0.1, 0.15) is 89.5 Å². The van der Waals surface area contributed by atoms with E-state index in [0.717, 1.165) is 71.8 Å². The number of fused-ring (bicyclic) bond motifs is 1. The molecule has 3 fully saturated rings. The number of β-amino-alcohol motifs (C(OH)–C–C–N with tert-alkyl or cyclic N) is 1. The van der Waals surface area contributed by atoms with E-state index >= 15 is 0 Å². The highest BCUT2D eigenvalue weighted by atomic mass is 32.1. The van der Waals surface area contributed by atoms with Crippen LogP contribution in [0.3, 0.4) is 0 Å². The molecule has 5 heterocycles. The predicted molar refractivity (Wildman–Crippen MR) is 270 cm³/mol. The SMILES string of the molecule is Cc1ncsc1-c1ccc(CNC(=O)[C@@H]2C[C@@H](O)CN2C(=O)[C@@H](NC(=O)COCCOCCOCCOCC(=O)N2CCN(C3CCC(Nc4ncnn5ccc(C(C)C)c45)CC3)CC2)C(C)(C)C)cc1. The van der Waals surface area contributed by atoms with Crippen LogP contribution < -0.4 is 16.0 Å². The number of piperazine rings is 1. The van der Waals surface area contributed by atoms with E-state index in [9.17, 15) is 24.3 Å². The molecule has 20 heteroatoms. The summed E-state index contributed by atoms with van der Waals surface area (Å²) in [5.41, 5.74) is 6.34. The van der Waals surface area contributed by atoms with Crippen molar-refractivity contribution in [1.29, 1.82) is 0 Å². The number of aliphatic hydroxyl groups is 1. The average molecular weight is 1000 g/mol. The minimum Gasteiger partial charge on any atom is -0.391 e. The van der Waals surface area contributed by atoms with E-state index in [4.69, 9.17) is 18.9 Å². The molecule has 71 heavy (non-hydrogen) atoms. The lowest BCUT2D eigenvalue weighted by atomic mass is 9.85. The molecule has 4 amide bonds. The maximum atomic E-state index is 13.9. The van der Waals surface area contributed by atoms with Gasteiger partial charge in [0.2, 0.25) is 23.6 Å². The zero-order chi connectivity index (χ0) is 50.5. The van der Waals surface area contributed by atoms with Crippen LogP contribution in [0, 0.1) is 12.3 Å². The first-order valence-electron chi connectivity index (χ1n) is 25.1. The number of anilines is 1. The van der Waals surface area contributed by atoms with Crippen molar-refractivity contribution >= 4 is 46.3 Å². The Labute approximate surface area is 421 Å². The largest absolute Gasteiger partial charge is 0.391 e. The Morgan fingerprint density at radius 3 is 2.15 bits per heavy atom. The number of carbonyl (C=O) groups excluding carboxylic acids is 4. The number of benzene rings is 1. The van der Waals surface area contributed by atoms with Gasteiger partial charge in [-0.15, -0.1) is 11.3 Å². The Kier molecular flexibility index (Phi) is 19.3. The van der Waals surface area contributed by atoms with E-state index in [1.54, 1.807) is 17.7 Å². The van der Waals surface area contributed by atoms with Gasteiger partial charge in [0, 0.05) is 64.0 Å². The fourth-order valence-electron chi connectivity index (χ4n) is 9.62. The number of aryl methyl sites for hydroxylation is 1. The number of rotatable bonds is 23. The highest BCUT2D eigenvalue weighted by molar-refractivity contribution is 7.13. The topological polar surface area (TPSA) is 214 Å². The zero-order valence-electron chi connectivity index (χ0n) is 42.3. The quantitative estimate of drug-likeness (QED) is 0.0774. The van der Waals surface area contributed by atoms with Gasteiger partial charge in [-0.3, -0.25) is 24.1 Å². The first-order chi connectivity index (χ1) is 34.2. The van der Waals surface area contributed by atoms with Crippen molar-refractivity contribution < 1.29 is 43.2 Å². The normalized spacial score (nSPS) is 20.4. The van der Waals surface area contributed by atoms with Gasteiger partial charge in [-0.25, -0.2) is 14.5 Å². The van der Waals surface area contributed by atoms with E-state index in [-0.39, 0.29) is 57.8 Å². The van der Waals surface area contributed by atoms with Gasteiger partial charge < -0.3 is 49.8 Å². The van der Waals surface area contributed by atoms with Crippen molar-refractivity contribution in [2.75, 3.05) is 90.9 Å². The second-order valence-corrected chi connectivity index (χ2v) is 21.0. The summed E-state index contributed by atoms with van der Waals surface area (Å²) in [6, 6.07) is 9.04. The van der Waals surface area contributed by atoms with E-state index < -0.39 is 35.4 Å². The van der Waals surface area contributed by atoms with Crippen LogP contribution in [0.5, 0.6) is 0 Å². The fraction of sp³-hybridized carbons (Fsp3) is 0.627. The van der Waals surface area contributed by atoms with Crippen LogP contribution in [0.25, 0.3) is 16.0 Å². The molecule has 0 radical (unpaired) electrons.